The van der Waals surface area contributed by atoms with Crippen molar-refractivity contribution in [2.75, 3.05) is 0 Å². The molecule has 2 heterocycles. The molecule has 0 aliphatic heterocycles. The zero-order valence-electron chi connectivity index (χ0n) is 10.6. The van der Waals surface area contributed by atoms with Gasteiger partial charge in [-0.2, -0.15) is 13.2 Å². The number of alkyl halides is 3. The highest BCUT2D eigenvalue weighted by Gasteiger charge is 2.31. The van der Waals surface area contributed by atoms with Crippen molar-refractivity contribution >= 4 is 23.1 Å². The average Bonchev–Trinajstić information content (AvgIpc) is 2.88. The molecule has 0 aliphatic carbocycles. The Labute approximate surface area is 123 Å². The van der Waals surface area contributed by atoms with E-state index in [1.807, 2.05) is 24.4 Å². The van der Waals surface area contributed by atoms with Crippen LogP contribution in [0, 0.1) is 0 Å². The zero-order valence-corrected chi connectivity index (χ0v) is 12.2. The fourth-order valence-corrected chi connectivity index (χ4v) is 3.69. The average molecular weight is 318 g/mol. The van der Waals surface area contributed by atoms with Gasteiger partial charge in [-0.3, -0.25) is 0 Å². The van der Waals surface area contributed by atoms with Crippen molar-refractivity contribution < 1.29 is 13.2 Å². The summed E-state index contributed by atoms with van der Waals surface area (Å²) in [6.45, 7) is 1.88. The summed E-state index contributed by atoms with van der Waals surface area (Å²) in [5, 5.41) is 2.47. The van der Waals surface area contributed by atoms with Crippen molar-refractivity contribution in [3.8, 4) is 0 Å². The summed E-state index contributed by atoms with van der Waals surface area (Å²) < 4.78 is 37.4. The third-order valence-electron chi connectivity index (χ3n) is 2.61. The molecule has 20 heavy (non-hydrogen) atoms. The van der Waals surface area contributed by atoms with Crippen LogP contribution in [0.4, 0.5) is 13.2 Å². The van der Waals surface area contributed by atoms with Crippen LogP contribution in [0.5, 0.6) is 0 Å². The molecule has 0 fully saturated rings. The molecule has 0 saturated carbocycles. The number of halogens is 3. The van der Waals surface area contributed by atoms with Gasteiger partial charge in [0.05, 0.1) is 15.8 Å². The van der Waals surface area contributed by atoms with Gasteiger partial charge in [-0.25, -0.2) is 4.98 Å². The summed E-state index contributed by atoms with van der Waals surface area (Å²) in [5.74, 6) is 0. The maximum atomic E-state index is 12.5. The Balaban J connectivity index is 2.16. The van der Waals surface area contributed by atoms with Gasteiger partial charge in [-0.05, 0) is 30.5 Å². The van der Waals surface area contributed by atoms with Crippen molar-refractivity contribution in [1.82, 2.24) is 4.98 Å². The smallest absolute Gasteiger partial charge is 0.327 e. The number of thiophene rings is 1. The van der Waals surface area contributed by atoms with Gasteiger partial charge in [0.15, 0.2) is 0 Å². The number of pyridine rings is 1. The lowest BCUT2D eigenvalue weighted by Gasteiger charge is -2.18. The van der Waals surface area contributed by atoms with E-state index < -0.39 is 11.7 Å². The fourth-order valence-electron chi connectivity index (χ4n) is 1.63. The summed E-state index contributed by atoms with van der Waals surface area (Å²) >= 11 is 2.96. The third-order valence-corrected chi connectivity index (χ3v) is 5.14. The molecule has 0 bridgehead atoms. The normalized spacial score (nSPS) is 15.1. The SMILES string of the molecule is CC(N)C(Sc1ccc(C(F)(F)F)cn1)c1cccs1. The Bertz CT molecular complexity index is 536. The minimum Gasteiger partial charge on any atom is -0.327 e. The molecule has 2 N–H and O–H groups in total. The molecule has 2 atom stereocenters. The van der Waals surface area contributed by atoms with Crippen LogP contribution in [0.3, 0.4) is 0 Å². The summed E-state index contributed by atoms with van der Waals surface area (Å²) in [7, 11) is 0. The van der Waals surface area contributed by atoms with E-state index in [0.717, 1.165) is 17.1 Å². The second-order valence-corrected chi connectivity index (χ2v) is 6.44. The van der Waals surface area contributed by atoms with E-state index in [2.05, 4.69) is 4.98 Å². The highest BCUT2D eigenvalue weighted by atomic mass is 32.2. The molecular weight excluding hydrogens is 305 g/mol. The topological polar surface area (TPSA) is 38.9 Å². The first-order chi connectivity index (χ1) is 9.38. The van der Waals surface area contributed by atoms with Crippen molar-refractivity contribution in [2.45, 2.75) is 29.4 Å². The molecule has 0 spiro atoms. The van der Waals surface area contributed by atoms with Crippen molar-refractivity contribution in [3.63, 3.8) is 0 Å². The fraction of sp³-hybridized carbons (Fsp3) is 0.308. The summed E-state index contributed by atoms with van der Waals surface area (Å²) in [6, 6.07) is 6.20. The molecule has 2 nitrogen and oxygen atoms in total. The quantitative estimate of drug-likeness (QED) is 0.852. The van der Waals surface area contributed by atoms with E-state index in [1.54, 1.807) is 11.3 Å². The standard InChI is InChI=1S/C13H13F3N2S2/c1-8(17)12(10-3-2-6-19-10)20-11-5-4-9(7-18-11)13(14,15)16/h2-8,12H,17H2,1H3. The molecule has 0 radical (unpaired) electrons. The van der Waals surface area contributed by atoms with Crippen LogP contribution >= 0.6 is 23.1 Å². The van der Waals surface area contributed by atoms with E-state index in [-0.39, 0.29) is 11.3 Å². The van der Waals surface area contributed by atoms with Crippen LogP contribution in [0.25, 0.3) is 0 Å². The Morgan fingerprint density at radius 2 is 2.05 bits per heavy atom. The van der Waals surface area contributed by atoms with Crippen molar-refractivity contribution in [1.29, 1.82) is 0 Å². The van der Waals surface area contributed by atoms with E-state index in [9.17, 15) is 13.2 Å². The molecule has 0 aliphatic rings. The number of nitrogens with two attached hydrogens (primary N) is 1. The molecule has 2 unspecified atom stereocenters. The van der Waals surface area contributed by atoms with Gasteiger partial charge in [0.2, 0.25) is 0 Å². The van der Waals surface area contributed by atoms with Crippen molar-refractivity contribution in [2.24, 2.45) is 5.73 Å². The van der Waals surface area contributed by atoms with E-state index >= 15 is 0 Å². The zero-order chi connectivity index (χ0) is 14.8. The van der Waals surface area contributed by atoms with Crippen LogP contribution in [-0.4, -0.2) is 11.0 Å². The predicted molar refractivity (Wildman–Crippen MR) is 75.8 cm³/mol. The van der Waals surface area contributed by atoms with Crippen LogP contribution in [-0.2, 0) is 6.18 Å². The number of rotatable bonds is 4. The van der Waals surface area contributed by atoms with Gasteiger partial charge >= 0.3 is 6.18 Å². The first-order valence-electron chi connectivity index (χ1n) is 5.87. The van der Waals surface area contributed by atoms with Crippen LogP contribution < -0.4 is 5.73 Å². The monoisotopic (exact) mass is 318 g/mol. The van der Waals surface area contributed by atoms with Gasteiger partial charge in [-0.15, -0.1) is 11.3 Å². The summed E-state index contributed by atoms with van der Waals surface area (Å²) in [4.78, 5) is 4.96. The first kappa shape index (κ1) is 15.3. The number of nitrogens with zero attached hydrogens (tertiary/aromatic N) is 1. The Morgan fingerprint density at radius 1 is 1.30 bits per heavy atom. The maximum Gasteiger partial charge on any atom is 0.417 e. The van der Waals surface area contributed by atoms with Crippen molar-refractivity contribution in [3.05, 3.63) is 46.3 Å². The number of hydrogen-bond donors (Lipinski definition) is 1. The molecule has 2 rings (SSSR count). The minimum atomic E-state index is -4.36. The maximum absolute atomic E-state index is 12.5. The van der Waals surface area contributed by atoms with E-state index in [0.29, 0.717) is 5.03 Å². The van der Waals surface area contributed by atoms with Crippen LogP contribution in [0.15, 0.2) is 40.9 Å². The summed E-state index contributed by atoms with van der Waals surface area (Å²) in [6.07, 6.45) is -3.50. The molecule has 2 aromatic rings. The molecular formula is C13H13F3N2S2. The summed E-state index contributed by atoms with van der Waals surface area (Å²) in [5.41, 5.74) is 5.21. The second-order valence-electron chi connectivity index (χ2n) is 4.30. The molecule has 0 amide bonds. The largest absolute Gasteiger partial charge is 0.417 e. The van der Waals surface area contributed by atoms with E-state index in [4.69, 9.17) is 5.73 Å². The number of hydrogen-bond acceptors (Lipinski definition) is 4. The highest BCUT2D eigenvalue weighted by molar-refractivity contribution is 7.99. The van der Waals surface area contributed by atoms with Crippen LogP contribution in [0.1, 0.15) is 22.6 Å². The second kappa shape index (κ2) is 6.15. The van der Waals surface area contributed by atoms with Gasteiger partial charge in [-0.1, -0.05) is 17.8 Å². The molecule has 7 heteroatoms. The molecule has 0 saturated heterocycles. The van der Waals surface area contributed by atoms with Gasteiger partial charge < -0.3 is 5.73 Å². The lowest BCUT2D eigenvalue weighted by Crippen LogP contribution is -2.22. The van der Waals surface area contributed by atoms with Gasteiger partial charge in [0.25, 0.3) is 0 Å². The number of aromatic nitrogens is 1. The Hall–Kier alpha value is -1.05. The van der Waals surface area contributed by atoms with Gasteiger partial charge in [0, 0.05) is 17.1 Å². The predicted octanol–water partition coefficient (Wildman–Crippen LogP) is 4.34. The van der Waals surface area contributed by atoms with Gasteiger partial charge in [0.1, 0.15) is 0 Å². The number of thioether (sulfide) groups is 1. The molecule has 0 aromatic carbocycles. The first-order valence-corrected chi connectivity index (χ1v) is 7.63. The molecule has 108 valence electrons. The lowest BCUT2D eigenvalue weighted by atomic mass is 10.2. The lowest BCUT2D eigenvalue weighted by molar-refractivity contribution is -0.137. The third kappa shape index (κ3) is 3.74. The molecule has 2 aromatic heterocycles. The minimum absolute atomic E-state index is 0.0146. The Morgan fingerprint density at radius 3 is 2.50 bits per heavy atom. The van der Waals surface area contributed by atoms with Crippen LogP contribution in [0.2, 0.25) is 0 Å². The Kier molecular flexibility index (Phi) is 4.72. The highest BCUT2D eigenvalue weighted by Crippen LogP contribution is 2.39. The van der Waals surface area contributed by atoms with E-state index in [1.165, 1.54) is 17.8 Å².